The van der Waals surface area contributed by atoms with Gasteiger partial charge in [-0.25, -0.2) is 0 Å². The zero-order valence-corrected chi connectivity index (χ0v) is 13.9. The molecule has 0 bridgehead atoms. The van der Waals surface area contributed by atoms with E-state index in [0.29, 0.717) is 18.4 Å². The summed E-state index contributed by atoms with van der Waals surface area (Å²) in [5.41, 5.74) is 2.47. The summed E-state index contributed by atoms with van der Waals surface area (Å²) in [4.78, 5) is 2.72. The molecule has 0 saturated heterocycles. The van der Waals surface area contributed by atoms with Crippen molar-refractivity contribution in [1.29, 1.82) is 0 Å². The molecule has 1 aromatic heterocycles. The van der Waals surface area contributed by atoms with Crippen molar-refractivity contribution in [2.75, 3.05) is 6.61 Å². The monoisotopic (exact) mass is 305 g/mol. The highest BCUT2D eigenvalue weighted by Gasteiger charge is 2.11. The van der Waals surface area contributed by atoms with Crippen LogP contribution >= 0.6 is 11.3 Å². The zero-order valence-electron chi connectivity index (χ0n) is 13.1. The van der Waals surface area contributed by atoms with E-state index in [2.05, 4.69) is 32.2 Å². The summed E-state index contributed by atoms with van der Waals surface area (Å²) in [5, 5.41) is 13.2. The number of hydrogen-bond donors (Lipinski definition) is 2. The molecule has 2 N–H and O–H groups in total. The maximum absolute atomic E-state index is 9.72. The molecule has 2 aromatic rings. The standard InChI is InChI=1S/C17H23NO2S/c1-5-20-17-9-14(6-7-16(17)19)10-18-12(3)15-8-11(2)21-13(15)4/h6-9,12,18-19H,5,10H2,1-4H3. The third-order valence-electron chi connectivity index (χ3n) is 3.48. The van der Waals surface area contributed by atoms with E-state index < -0.39 is 0 Å². The Labute approximate surface area is 130 Å². The van der Waals surface area contributed by atoms with Gasteiger partial charge in [0.1, 0.15) is 0 Å². The number of nitrogens with one attached hydrogen (secondary N) is 1. The first-order chi connectivity index (χ1) is 10.0. The normalized spacial score (nSPS) is 12.4. The van der Waals surface area contributed by atoms with Gasteiger partial charge < -0.3 is 15.2 Å². The summed E-state index contributed by atoms with van der Waals surface area (Å²) in [5.74, 6) is 0.741. The van der Waals surface area contributed by atoms with Crippen LogP contribution in [0.5, 0.6) is 11.5 Å². The molecule has 0 aliphatic heterocycles. The minimum Gasteiger partial charge on any atom is -0.504 e. The number of benzene rings is 1. The molecule has 0 radical (unpaired) electrons. The fraction of sp³-hybridized carbons (Fsp3) is 0.412. The van der Waals surface area contributed by atoms with E-state index in [1.165, 1.54) is 15.3 Å². The van der Waals surface area contributed by atoms with E-state index in [-0.39, 0.29) is 5.75 Å². The highest BCUT2D eigenvalue weighted by Crippen LogP contribution is 2.28. The molecule has 114 valence electrons. The van der Waals surface area contributed by atoms with Crippen molar-refractivity contribution in [2.45, 2.75) is 40.3 Å². The minimum absolute atomic E-state index is 0.193. The molecule has 0 amide bonds. The van der Waals surface area contributed by atoms with E-state index in [9.17, 15) is 5.11 Å². The van der Waals surface area contributed by atoms with Crippen LogP contribution in [0.25, 0.3) is 0 Å². The van der Waals surface area contributed by atoms with Crippen molar-refractivity contribution in [3.8, 4) is 11.5 Å². The first kappa shape index (κ1) is 15.9. The Morgan fingerprint density at radius 3 is 2.67 bits per heavy atom. The van der Waals surface area contributed by atoms with Gasteiger partial charge in [-0.2, -0.15) is 0 Å². The Hall–Kier alpha value is -1.52. The van der Waals surface area contributed by atoms with Crippen LogP contribution in [0.1, 0.15) is 40.8 Å². The van der Waals surface area contributed by atoms with Crippen LogP contribution in [-0.4, -0.2) is 11.7 Å². The van der Waals surface area contributed by atoms with Crippen LogP contribution < -0.4 is 10.1 Å². The van der Waals surface area contributed by atoms with Gasteiger partial charge in [-0.15, -0.1) is 11.3 Å². The molecule has 21 heavy (non-hydrogen) atoms. The van der Waals surface area contributed by atoms with Gasteiger partial charge in [-0.05, 0) is 57.0 Å². The van der Waals surface area contributed by atoms with Crippen molar-refractivity contribution in [2.24, 2.45) is 0 Å². The SMILES string of the molecule is CCOc1cc(CNC(C)c2cc(C)sc2C)ccc1O. The molecule has 4 heteroatoms. The first-order valence-electron chi connectivity index (χ1n) is 7.26. The van der Waals surface area contributed by atoms with Crippen LogP contribution in [0.4, 0.5) is 0 Å². The van der Waals surface area contributed by atoms with E-state index in [1.807, 2.05) is 30.4 Å². The van der Waals surface area contributed by atoms with Gasteiger partial charge in [0.25, 0.3) is 0 Å². The van der Waals surface area contributed by atoms with Gasteiger partial charge in [0.2, 0.25) is 0 Å². The van der Waals surface area contributed by atoms with Gasteiger partial charge in [-0.3, -0.25) is 0 Å². The lowest BCUT2D eigenvalue weighted by Gasteiger charge is -2.15. The molecular weight excluding hydrogens is 282 g/mol. The quantitative estimate of drug-likeness (QED) is 0.835. The predicted octanol–water partition coefficient (Wildman–Crippen LogP) is 4.32. The third-order valence-corrected chi connectivity index (χ3v) is 4.46. The molecule has 0 spiro atoms. The average molecular weight is 305 g/mol. The highest BCUT2D eigenvalue weighted by molar-refractivity contribution is 7.12. The lowest BCUT2D eigenvalue weighted by atomic mass is 10.1. The topological polar surface area (TPSA) is 41.5 Å². The summed E-state index contributed by atoms with van der Waals surface area (Å²) >= 11 is 1.84. The third kappa shape index (κ3) is 3.99. The van der Waals surface area contributed by atoms with Crippen molar-refractivity contribution in [3.05, 3.63) is 45.1 Å². The van der Waals surface area contributed by atoms with Gasteiger partial charge in [0, 0.05) is 22.3 Å². The number of thiophene rings is 1. The molecule has 1 atom stereocenters. The molecule has 0 saturated carbocycles. The van der Waals surface area contributed by atoms with Crippen molar-refractivity contribution < 1.29 is 9.84 Å². The molecule has 3 nitrogen and oxygen atoms in total. The smallest absolute Gasteiger partial charge is 0.161 e. The molecule has 2 rings (SSSR count). The van der Waals surface area contributed by atoms with Crippen LogP contribution in [-0.2, 0) is 6.54 Å². The molecule has 0 aliphatic carbocycles. The zero-order chi connectivity index (χ0) is 15.4. The van der Waals surface area contributed by atoms with Crippen molar-refractivity contribution >= 4 is 11.3 Å². The Morgan fingerprint density at radius 1 is 1.29 bits per heavy atom. The summed E-state index contributed by atoms with van der Waals surface area (Å²) in [6.07, 6.45) is 0. The number of hydrogen-bond acceptors (Lipinski definition) is 4. The van der Waals surface area contributed by atoms with Crippen LogP contribution in [0.2, 0.25) is 0 Å². The van der Waals surface area contributed by atoms with Crippen molar-refractivity contribution in [1.82, 2.24) is 5.32 Å². The maximum atomic E-state index is 9.72. The lowest BCUT2D eigenvalue weighted by molar-refractivity contribution is 0.317. The first-order valence-corrected chi connectivity index (χ1v) is 8.08. The number of phenols is 1. The summed E-state index contributed by atoms with van der Waals surface area (Å²) in [6, 6.07) is 8.06. The number of rotatable bonds is 6. The van der Waals surface area contributed by atoms with Crippen molar-refractivity contribution in [3.63, 3.8) is 0 Å². The lowest BCUT2D eigenvalue weighted by Crippen LogP contribution is -2.18. The van der Waals surface area contributed by atoms with Gasteiger partial charge in [0.05, 0.1) is 6.61 Å². The highest BCUT2D eigenvalue weighted by atomic mass is 32.1. The Kier molecular flexibility index (Phi) is 5.26. The molecule has 1 aromatic carbocycles. The van der Waals surface area contributed by atoms with E-state index in [4.69, 9.17) is 4.74 Å². The maximum Gasteiger partial charge on any atom is 0.161 e. The molecule has 1 heterocycles. The second-order valence-electron chi connectivity index (χ2n) is 5.21. The second-order valence-corrected chi connectivity index (χ2v) is 6.67. The van der Waals surface area contributed by atoms with Crippen LogP contribution in [0.3, 0.4) is 0 Å². The van der Waals surface area contributed by atoms with Gasteiger partial charge >= 0.3 is 0 Å². The number of phenolic OH excluding ortho intramolecular Hbond substituents is 1. The Bertz CT molecular complexity index is 607. The van der Waals surface area contributed by atoms with Gasteiger partial charge in [0.15, 0.2) is 11.5 Å². The number of ether oxygens (including phenoxy) is 1. The molecule has 0 fully saturated rings. The molecule has 1 unspecified atom stereocenters. The largest absolute Gasteiger partial charge is 0.504 e. The summed E-state index contributed by atoms with van der Waals surface area (Å²) in [7, 11) is 0. The number of aryl methyl sites for hydroxylation is 2. The van der Waals surface area contributed by atoms with E-state index >= 15 is 0 Å². The van der Waals surface area contributed by atoms with Crippen LogP contribution in [0, 0.1) is 13.8 Å². The second kappa shape index (κ2) is 6.96. The van der Waals surface area contributed by atoms with Crippen LogP contribution in [0.15, 0.2) is 24.3 Å². The van der Waals surface area contributed by atoms with E-state index in [1.54, 1.807) is 6.07 Å². The predicted molar refractivity (Wildman–Crippen MR) is 88.3 cm³/mol. The Balaban J connectivity index is 2.02. The van der Waals surface area contributed by atoms with Gasteiger partial charge in [-0.1, -0.05) is 6.07 Å². The fourth-order valence-electron chi connectivity index (χ4n) is 2.40. The average Bonchev–Trinajstić information content (AvgIpc) is 2.78. The Morgan fingerprint density at radius 2 is 2.05 bits per heavy atom. The molecule has 0 aliphatic rings. The fourth-order valence-corrected chi connectivity index (χ4v) is 3.42. The minimum atomic E-state index is 0.193. The molecular formula is C17H23NO2S. The number of aromatic hydroxyl groups is 1. The summed E-state index contributed by atoms with van der Waals surface area (Å²) < 4.78 is 5.42. The van der Waals surface area contributed by atoms with E-state index in [0.717, 1.165) is 12.1 Å². The summed E-state index contributed by atoms with van der Waals surface area (Å²) in [6.45, 7) is 9.69.